The molecule has 2 amide bonds. The van der Waals surface area contributed by atoms with Crippen molar-refractivity contribution in [3.63, 3.8) is 0 Å². The fraction of sp³-hybridized carbons (Fsp3) is 0.333. The molecule has 15 heavy (non-hydrogen) atoms. The average Bonchev–Trinajstić information content (AvgIpc) is 2.70. The number of amides is 2. The molecule has 0 aliphatic carbocycles. The maximum Gasteiger partial charge on any atom is 0.293 e. The molecule has 0 atom stereocenters. The second-order valence-electron chi connectivity index (χ2n) is 2.70. The van der Waals surface area contributed by atoms with Gasteiger partial charge in [0.25, 0.3) is 5.91 Å². The van der Waals surface area contributed by atoms with Crippen LogP contribution in [0.3, 0.4) is 0 Å². The zero-order valence-corrected chi connectivity index (χ0v) is 8.88. The van der Waals surface area contributed by atoms with E-state index in [1.54, 1.807) is 6.07 Å². The summed E-state index contributed by atoms with van der Waals surface area (Å²) in [5.74, 6) is 0.201. The van der Waals surface area contributed by atoms with E-state index in [-0.39, 0.29) is 17.4 Å². The highest BCUT2D eigenvalue weighted by molar-refractivity contribution is 7.99. The van der Waals surface area contributed by atoms with Crippen LogP contribution in [0, 0.1) is 0 Å². The lowest BCUT2D eigenvalue weighted by Crippen LogP contribution is -2.31. The zero-order valence-electron chi connectivity index (χ0n) is 8.06. The van der Waals surface area contributed by atoms with E-state index >= 15 is 0 Å². The van der Waals surface area contributed by atoms with Crippen LogP contribution in [-0.2, 0) is 4.79 Å². The molecule has 1 aromatic heterocycles. The molecule has 0 aliphatic rings. The summed E-state index contributed by atoms with van der Waals surface area (Å²) in [6.45, 7) is 0.518. The number of furan rings is 1. The Labute approximate surface area is 91.4 Å². The van der Waals surface area contributed by atoms with Crippen LogP contribution in [0.25, 0.3) is 0 Å². The number of hydrogen-bond acceptors (Lipinski definition) is 5. The van der Waals surface area contributed by atoms with Crippen molar-refractivity contribution in [3.8, 4) is 0 Å². The quantitative estimate of drug-likeness (QED) is 0.704. The number of carbonyl (C=O) groups excluding carboxylic acids is 2. The van der Waals surface area contributed by atoms with Crippen molar-refractivity contribution in [3.05, 3.63) is 24.2 Å². The maximum absolute atomic E-state index is 11.3. The molecule has 1 aromatic rings. The fourth-order valence-electron chi connectivity index (χ4n) is 0.880. The summed E-state index contributed by atoms with van der Waals surface area (Å²) < 4.78 is 4.83. The number of thioether (sulfide) groups is 1. The predicted octanol–water partition coefficient (Wildman–Crippen LogP) is 0.228. The lowest BCUT2D eigenvalue weighted by Gasteiger charge is -2.00. The first-order valence-electron chi connectivity index (χ1n) is 4.39. The van der Waals surface area contributed by atoms with Crippen molar-refractivity contribution in [2.24, 2.45) is 5.73 Å². The molecule has 0 fully saturated rings. The van der Waals surface area contributed by atoms with E-state index in [4.69, 9.17) is 10.2 Å². The molecule has 3 N–H and O–H groups in total. The SMILES string of the molecule is NCCSCC(=O)NC(=O)c1ccco1. The van der Waals surface area contributed by atoms with Crippen molar-refractivity contribution in [2.45, 2.75) is 0 Å². The summed E-state index contributed by atoms with van der Waals surface area (Å²) in [6, 6.07) is 3.08. The van der Waals surface area contributed by atoms with Gasteiger partial charge in [0, 0.05) is 12.3 Å². The van der Waals surface area contributed by atoms with Crippen molar-refractivity contribution in [2.75, 3.05) is 18.1 Å². The van der Waals surface area contributed by atoms with Gasteiger partial charge in [-0.05, 0) is 12.1 Å². The Hall–Kier alpha value is -1.27. The van der Waals surface area contributed by atoms with Crippen LogP contribution in [0.4, 0.5) is 0 Å². The number of carbonyl (C=O) groups is 2. The Kier molecular flexibility index (Phi) is 4.92. The van der Waals surface area contributed by atoms with Crippen molar-refractivity contribution < 1.29 is 14.0 Å². The number of nitrogens with two attached hydrogens (primary N) is 1. The van der Waals surface area contributed by atoms with Crippen LogP contribution < -0.4 is 11.1 Å². The highest BCUT2D eigenvalue weighted by Crippen LogP contribution is 2.00. The monoisotopic (exact) mass is 228 g/mol. The molecule has 5 nitrogen and oxygen atoms in total. The van der Waals surface area contributed by atoms with Gasteiger partial charge in [0.1, 0.15) is 0 Å². The number of imide groups is 1. The van der Waals surface area contributed by atoms with Gasteiger partial charge < -0.3 is 10.2 Å². The van der Waals surface area contributed by atoms with Crippen LogP contribution in [0.2, 0.25) is 0 Å². The Bertz CT molecular complexity index is 324. The van der Waals surface area contributed by atoms with Crippen LogP contribution in [0.15, 0.2) is 22.8 Å². The molecule has 0 spiro atoms. The van der Waals surface area contributed by atoms with E-state index in [2.05, 4.69) is 5.32 Å². The molecule has 0 unspecified atom stereocenters. The third-order valence-corrected chi connectivity index (χ3v) is 2.48. The van der Waals surface area contributed by atoms with Crippen molar-refractivity contribution in [1.29, 1.82) is 0 Å². The molecule has 6 heteroatoms. The summed E-state index contributed by atoms with van der Waals surface area (Å²) in [7, 11) is 0. The Morgan fingerprint density at radius 1 is 1.53 bits per heavy atom. The lowest BCUT2D eigenvalue weighted by molar-refractivity contribution is -0.117. The minimum absolute atomic E-state index is 0.132. The molecular weight excluding hydrogens is 216 g/mol. The standard InChI is InChI=1S/C9H12N2O3S/c10-3-5-15-6-8(12)11-9(13)7-2-1-4-14-7/h1-2,4H,3,5-6,10H2,(H,11,12,13). The first kappa shape index (κ1) is 11.8. The smallest absolute Gasteiger partial charge is 0.293 e. The molecule has 0 saturated carbocycles. The summed E-state index contributed by atoms with van der Waals surface area (Å²) in [4.78, 5) is 22.5. The first-order chi connectivity index (χ1) is 7.24. The summed E-state index contributed by atoms with van der Waals surface area (Å²) in [5.41, 5.74) is 5.26. The molecule has 0 aromatic carbocycles. The topological polar surface area (TPSA) is 85.3 Å². The van der Waals surface area contributed by atoms with Gasteiger partial charge in [-0.2, -0.15) is 11.8 Å². The van der Waals surface area contributed by atoms with Crippen molar-refractivity contribution >= 4 is 23.6 Å². The highest BCUT2D eigenvalue weighted by Gasteiger charge is 2.11. The van der Waals surface area contributed by atoms with E-state index in [1.165, 1.54) is 24.1 Å². The van der Waals surface area contributed by atoms with Gasteiger partial charge in [0.15, 0.2) is 5.76 Å². The molecule has 1 rings (SSSR count). The van der Waals surface area contributed by atoms with Gasteiger partial charge in [0.05, 0.1) is 12.0 Å². The van der Waals surface area contributed by atoms with E-state index in [9.17, 15) is 9.59 Å². The molecule has 1 heterocycles. The van der Waals surface area contributed by atoms with Crippen LogP contribution in [-0.4, -0.2) is 29.9 Å². The minimum atomic E-state index is -0.515. The Balaban J connectivity index is 2.29. The van der Waals surface area contributed by atoms with Crippen molar-refractivity contribution in [1.82, 2.24) is 5.32 Å². The summed E-state index contributed by atoms with van der Waals surface area (Å²) in [5, 5.41) is 2.21. The Morgan fingerprint density at radius 2 is 2.33 bits per heavy atom. The second kappa shape index (κ2) is 6.26. The number of nitrogens with one attached hydrogen (secondary N) is 1. The van der Waals surface area contributed by atoms with E-state index in [1.807, 2.05) is 0 Å². The third-order valence-electron chi connectivity index (χ3n) is 1.49. The molecule has 0 radical (unpaired) electrons. The van der Waals surface area contributed by atoms with Gasteiger partial charge in [-0.25, -0.2) is 0 Å². The lowest BCUT2D eigenvalue weighted by atomic mass is 10.4. The molecule has 0 bridgehead atoms. The van der Waals surface area contributed by atoms with Crippen LogP contribution in [0.5, 0.6) is 0 Å². The van der Waals surface area contributed by atoms with Gasteiger partial charge >= 0.3 is 0 Å². The van der Waals surface area contributed by atoms with E-state index in [0.29, 0.717) is 12.3 Å². The van der Waals surface area contributed by atoms with E-state index in [0.717, 1.165) is 0 Å². The second-order valence-corrected chi connectivity index (χ2v) is 3.80. The average molecular weight is 228 g/mol. The first-order valence-corrected chi connectivity index (χ1v) is 5.55. The van der Waals surface area contributed by atoms with Gasteiger partial charge in [-0.1, -0.05) is 0 Å². The fourth-order valence-corrected chi connectivity index (χ4v) is 1.45. The van der Waals surface area contributed by atoms with Gasteiger partial charge in [-0.3, -0.25) is 14.9 Å². The van der Waals surface area contributed by atoms with E-state index < -0.39 is 5.91 Å². The number of hydrogen-bond donors (Lipinski definition) is 2. The highest BCUT2D eigenvalue weighted by atomic mass is 32.2. The number of rotatable bonds is 5. The molecule has 0 saturated heterocycles. The predicted molar refractivity (Wildman–Crippen MR) is 57.6 cm³/mol. The Morgan fingerprint density at radius 3 is 2.93 bits per heavy atom. The molecule has 82 valence electrons. The van der Waals surface area contributed by atoms with Gasteiger partial charge in [0.2, 0.25) is 5.91 Å². The van der Waals surface area contributed by atoms with Crippen LogP contribution >= 0.6 is 11.8 Å². The zero-order chi connectivity index (χ0) is 11.1. The van der Waals surface area contributed by atoms with Gasteiger partial charge in [-0.15, -0.1) is 0 Å². The molecule has 0 aliphatic heterocycles. The normalized spacial score (nSPS) is 9.93. The summed E-state index contributed by atoms with van der Waals surface area (Å²) in [6.07, 6.45) is 1.38. The summed E-state index contributed by atoms with van der Waals surface area (Å²) >= 11 is 1.38. The minimum Gasteiger partial charge on any atom is -0.459 e. The maximum atomic E-state index is 11.3. The third kappa shape index (κ3) is 4.18. The van der Waals surface area contributed by atoms with Crippen LogP contribution in [0.1, 0.15) is 10.6 Å². The molecular formula is C9H12N2O3S. The largest absolute Gasteiger partial charge is 0.459 e.